The maximum Gasteiger partial charge on any atom is 0.315 e. The van der Waals surface area contributed by atoms with E-state index >= 15 is 0 Å². The Morgan fingerprint density at radius 3 is 3.22 bits per heavy atom. The number of carbonyl (C=O) groups is 1. The van der Waals surface area contributed by atoms with Crippen LogP contribution in [0.25, 0.3) is 0 Å². The van der Waals surface area contributed by atoms with E-state index < -0.39 is 0 Å². The Labute approximate surface area is 139 Å². The summed E-state index contributed by atoms with van der Waals surface area (Å²) in [5.41, 5.74) is 1.21. The zero-order valence-electron chi connectivity index (χ0n) is 12.8. The van der Waals surface area contributed by atoms with Gasteiger partial charge in [-0.25, -0.2) is 4.79 Å². The summed E-state index contributed by atoms with van der Waals surface area (Å²) in [6.45, 7) is 1.37. The summed E-state index contributed by atoms with van der Waals surface area (Å²) in [6.07, 6.45) is 3.05. The molecular weight excluding hydrogens is 310 g/mol. The summed E-state index contributed by atoms with van der Waals surface area (Å²) < 4.78 is 2.10. The molecule has 0 spiro atoms. The second-order valence-electron chi connectivity index (χ2n) is 5.84. The van der Waals surface area contributed by atoms with Gasteiger partial charge in [0.05, 0.1) is 12.6 Å². The van der Waals surface area contributed by atoms with Gasteiger partial charge in [-0.2, -0.15) is 0 Å². The number of nitrogens with one attached hydrogen (secondary N) is 2. The van der Waals surface area contributed by atoms with Crippen LogP contribution in [0.3, 0.4) is 0 Å². The lowest BCUT2D eigenvalue weighted by atomic mass is 10.0. The Kier molecular flexibility index (Phi) is 3.95. The summed E-state index contributed by atoms with van der Waals surface area (Å²) in [5, 5.41) is 14.3. The van der Waals surface area contributed by atoms with Crippen LogP contribution in [0.4, 0.5) is 4.79 Å². The molecular formula is C16H19N5OS. The van der Waals surface area contributed by atoms with Crippen LogP contribution in [0, 0.1) is 0 Å². The summed E-state index contributed by atoms with van der Waals surface area (Å²) in [5.74, 6) is 2.90. The first-order valence-electron chi connectivity index (χ1n) is 7.98. The van der Waals surface area contributed by atoms with Crippen molar-refractivity contribution in [3.63, 3.8) is 0 Å². The van der Waals surface area contributed by atoms with Crippen LogP contribution in [0.2, 0.25) is 0 Å². The van der Waals surface area contributed by atoms with E-state index in [2.05, 4.69) is 37.5 Å². The minimum Gasteiger partial charge on any atom is -0.331 e. The molecule has 0 unspecified atom stereocenters. The highest BCUT2D eigenvalue weighted by atomic mass is 32.2. The van der Waals surface area contributed by atoms with E-state index in [9.17, 15) is 4.79 Å². The monoisotopic (exact) mass is 329 g/mol. The minimum absolute atomic E-state index is 0.0802. The fourth-order valence-corrected chi connectivity index (χ4v) is 4.33. The van der Waals surface area contributed by atoms with Crippen molar-refractivity contribution in [1.29, 1.82) is 0 Å². The van der Waals surface area contributed by atoms with Gasteiger partial charge in [0.1, 0.15) is 5.82 Å². The molecule has 2 N–H and O–H groups in total. The zero-order valence-corrected chi connectivity index (χ0v) is 13.6. The van der Waals surface area contributed by atoms with Crippen LogP contribution in [-0.4, -0.2) is 26.5 Å². The lowest BCUT2D eigenvalue weighted by Crippen LogP contribution is -2.39. The molecule has 1 atom stereocenters. The molecule has 0 saturated heterocycles. The zero-order chi connectivity index (χ0) is 15.6. The second kappa shape index (κ2) is 6.23. The van der Waals surface area contributed by atoms with E-state index in [1.54, 1.807) is 0 Å². The predicted molar refractivity (Wildman–Crippen MR) is 88.2 cm³/mol. The molecule has 2 aromatic rings. The quantitative estimate of drug-likeness (QED) is 0.906. The van der Waals surface area contributed by atoms with Gasteiger partial charge in [0.2, 0.25) is 0 Å². The van der Waals surface area contributed by atoms with Gasteiger partial charge in [0, 0.05) is 23.6 Å². The topological polar surface area (TPSA) is 71.8 Å². The van der Waals surface area contributed by atoms with Crippen molar-refractivity contribution in [2.24, 2.45) is 0 Å². The molecule has 0 bridgehead atoms. The number of aryl methyl sites for hydroxylation is 1. The van der Waals surface area contributed by atoms with E-state index in [1.807, 2.05) is 23.9 Å². The number of fused-ring (bicyclic) bond motifs is 2. The molecule has 1 aromatic heterocycles. The third kappa shape index (κ3) is 2.93. The number of amides is 2. The number of aromatic nitrogens is 3. The fraction of sp³-hybridized carbons (Fsp3) is 0.438. The molecule has 1 aromatic carbocycles. The van der Waals surface area contributed by atoms with Crippen molar-refractivity contribution in [3.05, 3.63) is 41.5 Å². The first-order valence-corrected chi connectivity index (χ1v) is 8.97. The molecule has 2 aliphatic heterocycles. The predicted octanol–water partition coefficient (Wildman–Crippen LogP) is 2.26. The average Bonchev–Trinajstić information content (AvgIpc) is 3.17. The maximum absolute atomic E-state index is 12.2. The van der Waals surface area contributed by atoms with Gasteiger partial charge >= 0.3 is 6.03 Å². The third-order valence-electron chi connectivity index (χ3n) is 4.36. The minimum atomic E-state index is -0.146. The van der Waals surface area contributed by atoms with Crippen molar-refractivity contribution >= 4 is 17.8 Å². The van der Waals surface area contributed by atoms with E-state index in [-0.39, 0.29) is 12.1 Å². The number of hydrogen-bond donors (Lipinski definition) is 2. The Hall–Kier alpha value is -2.02. The van der Waals surface area contributed by atoms with E-state index in [4.69, 9.17) is 0 Å². The number of carbonyl (C=O) groups excluding carboxylic acids is 1. The van der Waals surface area contributed by atoms with Crippen LogP contribution in [0.1, 0.15) is 36.1 Å². The Balaban J connectivity index is 1.37. The molecule has 6 nitrogen and oxygen atoms in total. The first kappa shape index (κ1) is 14.6. The number of hydrogen-bond acceptors (Lipinski definition) is 4. The van der Waals surface area contributed by atoms with Crippen LogP contribution in [0.5, 0.6) is 0 Å². The van der Waals surface area contributed by atoms with Crippen molar-refractivity contribution in [2.75, 3.05) is 5.75 Å². The van der Waals surface area contributed by atoms with Crippen LogP contribution in [0.15, 0.2) is 29.2 Å². The number of thioether (sulfide) groups is 1. The van der Waals surface area contributed by atoms with Gasteiger partial charge in [0.25, 0.3) is 0 Å². The van der Waals surface area contributed by atoms with Crippen LogP contribution >= 0.6 is 11.8 Å². The number of urea groups is 1. The standard InChI is InChI=1S/C16H19N5OS/c22-16(17-10-15-20-19-14-6-3-8-21(14)15)18-12-7-9-23-13-5-2-1-4-11(12)13/h1-2,4-5,12H,3,6-10H2,(H2,17,18,22)/t12-/m0/s1. The smallest absolute Gasteiger partial charge is 0.315 e. The molecule has 3 heterocycles. The second-order valence-corrected chi connectivity index (χ2v) is 6.98. The van der Waals surface area contributed by atoms with Gasteiger partial charge < -0.3 is 15.2 Å². The molecule has 2 aliphatic rings. The maximum atomic E-state index is 12.2. The van der Waals surface area contributed by atoms with Crippen molar-refractivity contribution < 1.29 is 4.79 Å². The van der Waals surface area contributed by atoms with Gasteiger partial charge in [-0.3, -0.25) is 0 Å². The first-order chi connectivity index (χ1) is 11.3. The highest BCUT2D eigenvalue weighted by molar-refractivity contribution is 7.99. The molecule has 7 heteroatoms. The summed E-state index contributed by atoms with van der Waals surface area (Å²) in [4.78, 5) is 13.5. The SMILES string of the molecule is O=C(NCc1nnc2n1CCC2)N[C@H]1CCSc2ccccc21. The fourth-order valence-electron chi connectivity index (χ4n) is 3.20. The van der Waals surface area contributed by atoms with Gasteiger partial charge in [-0.15, -0.1) is 22.0 Å². The average molecular weight is 329 g/mol. The Morgan fingerprint density at radius 1 is 1.35 bits per heavy atom. The molecule has 0 aliphatic carbocycles. The van der Waals surface area contributed by atoms with Gasteiger partial charge in [0.15, 0.2) is 5.82 Å². The highest BCUT2D eigenvalue weighted by Gasteiger charge is 2.22. The summed E-state index contributed by atoms with van der Waals surface area (Å²) in [7, 11) is 0. The molecule has 0 fully saturated rings. The highest BCUT2D eigenvalue weighted by Crippen LogP contribution is 2.35. The number of rotatable bonds is 3. The molecule has 0 saturated carbocycles. The summed E-state index contributed by atoms with van der Waals surface area (Å²) in [6, 6.07) is 8.21. The molecule has 120 valence electrons. The van der Waals surface area contributed by atoms with Crippen molar-refractivity contribution in [1.82, 2.24) is 25.4 Å². The molecule has 4 rings (SSSR count). The summed E-state index contributed by atoms with van der Waals surface area (Å²) >= 11 is 1.85. The Bertz CT molecular complexity index is 729. The molecule has 0 radical (unpaired) electrons. The largest absolute Gasteiger partial charge is 0.331 e. The van der Waals surface area contributed by atoms with Crippen molar-refractivity contribution in [2.45, 2.75) is 43.3 Å². The third-order valence-corrected chi connectivity index (χ3v) is 5.48. The van der Waals surface area contributed by atoms with E-state index in [1.165, 1.54) is 10.5 Å². The van der Waals surface area contributed by atoms with Gasteiger partial charge in [-0.1, -0.05) is 18.2 Å². The lowest BCUT2D eigenvalue weighted by molar-refractivity contribution is 0.235. The number of benzene rings is 1. The van der Waals surface area contributed by atoms with Crippen LogP contribution in [-0.2, 0) is 19.5 Å². The van der Waals surface area contributed by atoms with Crippen molar-refractivity contribution in [3.8, 4) is 0 Å². The Morgan fingerprint density at radius 2 is 2.26 bits per heavy atom. The van der Waals surface area contributed by atoms with Crippen LogP contribution < -0.4 is 10.6 Å². The molecule has 23 heavy (non-hydrogen) atoms. The lowest BCUT2D eigenvalue weighted by Gasteiger charge is -2.25. The van der Waals surface area contributed by atoms with Gasteiger partial charge in [-0.05, 0) is 24.5 Å². The molecule has 2 amide bonds. The van der Waals surface area contributed by atoms with E-state index in [0.717, 1.165) is 43.2 Å². The van der Waals surface area contributed by atoms with E-state index in [0.29, 0.717) is 6.54 Å². The number of nitrogens with zero attached hydrogens (tertiary/aromatic N) is 3. The normalized spacial score (nSPS) is 19.0.